The molecular weight excluding hydrogens is 238 g/mol. The van der Waals surface area contributed by atoms with Crippen LogP contribution >= 0.6 is 0 Å². The van der Waals surface area contributed by atoms with Crippen LogP contribution in [-0.2, 0) is 0 Å². The Morgan fingerprint density at radius 2 is 2.16 bits per heavy atom. The van der Waals surface area contributed by atoms with Gasteiger partial charge < -0.3 is 9.88 Å². The smallest absolute Gasteiger partial charge is 0.270 e. The highest BCUT2D eigenvalue weighted by atomic mass is 16.2. The molecule has 0 fully saturated rings. The number of rotatable bonds is 4. The molecular formula is C15H17N3O. The van der Waals surface area contributed by atoms with E-state index in [4.69, 9.17) is 5.26 Å². The van der Waals surface area contributed by atoms with Gasteiger partial charge in [-0.15, -0.1) is 0 Å². The largest absolute Gasteiger partial charge is 0.351 e. The number of aromatic nitrogens is 1. The molecule has 1 aromatic carbocycles. The number of carbonyl (C=O) groups is 1. The predicted molar refractivity (Wildman–Crippen MR) is 74.7 cm³/mol. The molecule has 1 N–H and O–H groups in total. The van der Waals surface area contributed by atoms with Gasteiger partial charge in [0.2, 0.25) is 0 Å². The molecule has 0 spiro atoms. The maximum atomic E-state index is 12.4. The summed E-state index contributed by atoms with van der Waals surface area (Å²) in [5.74, 6) is -0.0542. The Kier molecular flexibility index (Phi) is 3.86. The molecule has 0 aliphatic carbocycles. The van der Waals surface area contributed by atoms with Crippen LogP contribution in [0.5, 0.6) is 0 Å². The average molecular weight is 255 g/mol. The third kappa shape index (κ3) is 2.76. The number of hydrogen-bond donors (Lipinski definition) is 1. The number of carbonyl (C=O) groups excluding carboxylic acids is 1. The molecule has 2 aromatic rings. The van der Waals surface area contributed by atoms with Gasteiger partial charge in [0.15, 0.2) is 0 Å². The summed E-state index contributed by atoms with van der Waals surface area (Å²) in [6.07, 6.45) is 0.351. The Morgan fingerprint density at radius 3 is 2.79 bits per heavy atom. The first-order valence-corrected chi connectivity index (χ1v) is 6.39. The SMILES string of the molecule is CC(C)N(CCC#N)C(=O)c1cc2ccccc2[nH]1. The lowest BCUT2D eigenvalue weighted by Gasteiger charge is -2.25. The first-order chi connectivity index (χ1) is 9.13. The van der Waals surface area contributed by atoms with E-state index in [1.54, 1.807) is 4.90 Å². The minimum atomic E-state index is -0.0542. The van der Waals surface area contributed by atoms with E-state index in [-0.39, 0.29) is 11.9 Å². The van der Waals surface area contributed by atoms with E-state index in [2.05, 4.69) is 11.1 Å². The van der Waals surface area contributed by atoms with Gasteiger partial charge in [-0.1, -0.05) is 18.2 Å². The molecule has 0 unspecified atom stereocenters. The average Bonchev–Trinajstić information content (AvgIpc) is 2.82. The van der Waals surface area contributed by atoms with E-state index < -0.39 is 0 Å². The van der Waals surface area contributed by atoms with E-state index in [1.165, 1.54) is 0 Å². The quantitative estimate of drug-likeness (QED) is 0.913. The lowest BCUT2D eigenvalue weighted by molar-refractivity contribution is 0.0705. The van der Waals surface area contributed by atoms with Crippen molar-refractivity contribution in [1.82, 2.24) is 9.88 Å². The van der Waals surface area contributed by atoms with Crippen LogP contribution in [0.3, 0.4) is 0 Å². The molecule has 0 atom stereocenters. The second-order valence-electron chi connectivity index (χ2n) is 4.77. The second-order valence-corrected chi connectivity index (χ2v) is 4.77. The second kappa shape index (κ2) is 5.57. The van der Waals surface area contributed by atoms with E-state index in [9.17, 15) is 4.79 Å². The summed E-state index contributed by atoms with van der Waals surface area (Å²) in [7, 11) is 0. The van der Waals surface area contributed by atoms with Gasteiger partial charge in [0, 0.05) is 23.5 Å². The van der Waals surface area contributed by atoms with Crippen molar-refractivity contribution in [3.63, 3.8) is 0 Å². The van der Waals surface area contributed by atoms with Crippen molar-refractivity contribution in [3.05, 3.63) is 36.0 Å². The van der Waals surface area contributed by atoms with E-state index in [0.717, 1.165) is 10.9 Å². The molecule has 1 amide bonds. The fourth-order valence-corrected chi connectivity index (χ4v) is 2.11. The van der Waals surface area contributed by atoms with Crippen LogP contribution in [0.4, 0.5) is 0 Å². The van der Waals surface area contributed by atoms with Crippen molar-refractivity contribution in [2.45, 2.75) is 26.3 Å². The highest BCUT2D eigenvalue weighted by molar-refractivity contribution is 5.98. The lowest BCUT2D eigenvalue weighted by Crippen LogP contribution is -2.37. The van der Waals surface area contributed by atoms with Gasteiger partial charge in [0.05, 0.1) is 12.5 Å². The van der Waals surface area contributed by atoms with Crippen molar-refractivity contribution >= 4 is 16.8 Å². The molecule has 0 saturated carbocycles. The summed E-state index contributed by atoms with van der Waals surface area (Å²) in [4.78, 5) is 17.3. The summed E-state index contributed by atoms with van der Waals surface area (Å²) in [5.41, 5.74) is 1.53. The van der Waals surface area contributed by atoms with Gasteiger partial charge in [0.1, 0.15) is 5.69 Å². The van der Waals surface area contributed by atoms with Crippen molar-refractivity contribution in [3.8, 4) is 6.07 Å². The molecule has 19 heavy (non-hydrogen) atoms. The lowest BCUT2D eigenvalue weighted by atomic mass is 10.2. The number of benzene rings is 1. The highest BCUT2D eigenvalue weighted by Gasteiger charge is 2.19. The minimum Gasteiger partial charge on any atom is -0.351 e. The van der Waals surface area contributed by atoms with Gasteiger partial charge in [-0.25, -0.2) is 0 Å². The number of aromatic amines is 1. The molecule has 4 nitrogen and oxygen atoms in total. The molecule has 0 radical (unpaired) electrons. The molecule has 1 heterocycles. The van der Waals surface area contributed by atoms with E-state index in [0.29, 0.717) is 18.7 Å². The van der Waals surface area contributed by atoms with Crippen molar-refractivity contribution in [2.24, 2.45) is 0 Å². The van der Waals surface area contributed by atoms with Crippen molar-refractivity contribution < 1.29 is 4.79 Å². The predicted octanol–water partition coefficient (Wildman–Crippen LogP) is 2.93. The van der Waals surface area contributed by atoms with Crippen LogP contribution in [0.1, 0.15) is 30.8 Å². The van der Waals surface area contributed by atoms with Gasteiger partial charge in [-0.2, -0.15) is 5.26 Å². The standard InChI is InChI=1S/C15H17N3O/c1-11(2)18(9-5-8-16)15(19)14-10-12-6-3-4-7-13(12)17-14/h3-4,6-7,10-11,17H,5,9H2,1-2H3. The molecule has 0 saturated heterocycles. The molecule has 0 aliphatic rings. The molecule has 1 aromatic heterocycles. The van der Waals surface area contributed by atoms with Crippen LogP contribution in [0.15, 0.2) is 30.3 Å². The van der Waals surface area contributed by atoms with Crippen LogP contribution in [0.25, 0.3) is 10.9 Å². The van der Waals surface area contributed by atoms with Gasteiger partial charge in [0.25, 0.3) is 5.91 Å². The molecule has 2 rings (SSSR count). The number of nitriles is 1. The topological polar surface area (TPSA) is 59.9 Å². The number of fused-ring (bicyclic) bond motifs is 1. The molecule has 0 bridgehead atoms. The van der Waals surface area contributed by atoms with Gasteiger partial charge >= 0.3 is 0 Å². The number of amides is 1. The molecule has 4 heteroatoms. The minimum absolute atomic E-state index is 0.0542. The summed E-state index contributed by atoms with van der Waals surface area (Å²) < 4.78 is 0. The van der Waals surface area contributed by atoms with Gasteiger partial charge in [-0.3, -0.25) is 4.79 Å². The third-order valence-electron chi connectivity index (χ3n) is 3.11. The van der Waals surface area contributed by atoms with Crippen molar-refractivity contribution in [2.75, 3.05) is 6.54 Å². The van der Waals surface area contributed by atoms with Crippen LogP contribution < -0.4 is 0 Å². The van der Waals surface area contributed by atoms with Crippen LogP contribution in [0.2, 0.25) is 0 Å². The zero-order valence-corrected chi connectivity index (χ0v) is 11.2. The Morgan fingerprint density at radius 1 is 1.42 bits per heavy atom. The molecule has 0 aliphatic heterocycles. The Hall–Kier alpha value is -2.28. The Balaban J connectivity index is 2.28. The maximum absolute atomic E-state index is 12.4. The Bertz CT molecular complexity index is 589. The fraction of sp³-hybridized carbons (Fsp3) is 0.333. The maximum Gasteiger partial charge on any atom is 0.270 e. The first kappa shape index (κ1) is 13.2. The fourth-order valence-electron chi connectivity index (χ4n) is 2.11. The van der Waals surface area contributed by atoms with Crippen molar-refractivity contribution in [1.29, 1.82) is 5.26 Å². The molecule has 98 valence electrons. The number of H-pyrrole nitrogens is 1. The zero-order valence-electron chi connectivity index (χ0n) is 11.2. The number of nitrogens with zero attached hydrogens (tertiary/aromatic N) is 2. The summed E-state index contributed by atoms with van der Waals surface area (Å²) in [5, 5.41) is 9.69. The monoisotopic (exact) mass is 255 g/mol. The van der Waals surface area contributed by atoms with Crippen LogP contribution in [0, 0.1) is 11.3 Å². The zero-order chi connectivity index (χ0) is 13.8. The van der Waals surface area contributed by atoms with E-state index in [1.807, 2.05) is 44.2 Å². The van der Waals surface area contributed by atoms with Crippen LogP contribution in [-0.4, -0.2) is 28.4 Å². The number of para-hydroxylation sites is 1. The number of hydrogen-bond acceptors (Lipinski definition) is 2. The summed E-state index contributed by atoms with van der Waals surface area (Å²) in [6, 6.07) is 11.8. The van der Waals surface area contributed by atoms with Gasteiger partial charge in [-0.05, 0) is 26.0 Å². The highest BCUT2D eigenvalue weighted by Crippen LogP contribution is 2.17. The Labute approximate surface area is 112 Å². The summed E-state index contributed by atoms with van der Waals surface area (Å²) >= 11 is 0. The van der Waals surface area contributed by atoms with E-state index >= 15 is 0 Å². The normalized spacial score (nSPS) is 10.6. The summed E-state index contributed by atoms with van der Waals surface area (Å²) in [6.45, 7) is 4.37. The number of nitrogens with one attached hydrogen (secondary N) is 1. The third-order valence-corrected chi connectivity index (χ3v) is 3.11. The first-order valence-electron chi connectivity index (χ1n) is 6.39.